The molecule has 0 bridgehead atoms. The maximum absolute atomic E-state index is 12.6. The molecule has 1 aromatic carbocycles. The molecule has 1 saturated heterocycles. The van der Waals surface area contributed by atoms with Crippen molar-refractivity contribution in [3.05, 3.63) is 52.2 Å². The smallest absolute Gasteiger partial charge is 0.256 e. The van der Waals surface area contributed by atoms with Crippen molar-refractivity contribution < 1.29 is 17.9 Å². The van der Waals surface area contributed by atoms with E-state index < -0.39 is 15.1 Å². The fraction of sp³-hybridized carbons (Fsp3) is 0.389. The summed E-state index contributed by atoms with van der Waals surface area (Å²) in [7, 11) is -2.01. The summed E-state index contributed by atoms with van der Waals surface area (Å²) in [4.78, 5) is 30.3. The number of hydrogen-bond donors (Lipinski definition) is 0. The van der Waals surface area contributed by atoms with Crippen LogP contribution in [-0.4, -0.2) is 54.2 Å². The van der Waals surface area contributed by atoms with Crippen LogP contribution in [0.3, 0.4) is 0 Å². The van der Waals surface area contributed by atoms with Gasteiger partial charge in [-0.2, -0.15) is 0 Å². The first kappa shape index (κ1) is 19.1. The molecule has 1 aromatic heterocycles. The van der Waals surface area contributed by atoms with E-state index in [0.717, 1.165) is 0 Å². The van der Waals surface area contributed by atoms with Crippen LogP contribution >= 0.6 is 0 Å². The maximum atomic E-state index is 12.6. The quantitative estimate of drug-likeness (QED) is 0.738. The lowest BCUT2D eigenvalue weighted by atomic mass is 10.2. The van der Waals surface area contributed by atoms with Crippen molar-refractivity contribution in [1.29, 1.82) is 0 Å². The molecule has 3 rings (SSSR count). The lowest BCUT2D eigenvalue weighted by molar-refractivity contribution is -0.135. The Bertz CT molecular complexity index is 1020. The molecule has 9 heteroatoms. The van der Waals surface area contributed by atoms with Crippen LogP contribution in [0.4, 0.5) is 0 Å². The highest BCUT2D eigenvalue weighted by Crippen LogP contribution is 2.25. The number of rotatable bonds is 5. The molecule has 1 amide bonds. The van der Waals surface area contributed by atoms with Crippen LogP contribution in [0, 0.1) is 13.8 Å². The van der Waals surface area contributed by atoms with E-state index >= 15 is 0 Å². The lowest BCUT2D eigenvalue weighted by Crippen LogP contribution is -2.57. The predicted molar refractivity (Wildman–Crippen MR) is 98.5 cm³/mol. The van der Waals surface area contributed by atoms with Gasteiger partial charge in [-0.15, -0.1) is 0 Å². The van der Waals surface area contributed by atoms with Crippen molar-refractivity contribution in [2.45, 2.75) is 30.5 Å². The molecule has 0 atom stereocenters. The van der Waals surface area contributed by atoms with Gasteiger partial charge in [0, 0.05) is 24.3 Å². The molecule has 0 N–H and O–H groups in total. The second kappa shape index (κ2) is 7.15. The van der Waals surface area contributed by atoms with Crippen molar-refractivity contribution in [2.24, 2.45) is 0 Å². The summed E-state index contributed by atoms with van der Waals surface area (Å²) < 4.78 is 31.5. The molecule has 0 radical (unpaired) electrons. The molecule has 0 saturated carbocycles. The molecule has 1 aliphatic heterocycles. The Kier molecular flexibility index (Phi) is 5.05. The number of aryl methyl sites for hydroxylation is 1. The van der Waals surface area contributed by atoms with Gasteiger partial charge in [0.15, 0.2) is 9.84 Å². The van der Waals surface area contributed by atoms with Gasteiger partial charge >= 0.3 is 0 Å². The van der Waals surface area contributed by atoms with Gasteiger partial charge in [0.05, 0.1) is 18.3 Å². The average molecular weight is 391 g/mol. The normalized spacial score (nSPS) is 14.7. The van der Waals surface area contributed by atoms with Gasteiger partial charge in [0.2, 0.25) is 5.91 Å². The Balaban J connectivity index is 1.65. The maximum Gasteiger partial charge on any atom is 0.256 e. The molecule has 8 nitrogen and oxygen atoms in total. The van der Waals surface area contributed by atoms with Crippen molar-refractivity contribution in [2.75, 3.05) is 20.2 Å². The number of sulfone groups is 1. The van der Waals surface area contributed by atoms with Gasteiger partial charge in [-0.3, -0.25) is 14.2 Å². The van der Waals surface area contributed by atoms with E-state index in [2.05, 4.69) is 4.98 Å². The molecule has 1 fully saturated rings. The number of carbonyl (C=O) groups excluding carboxylic acids is 1. The second-order valence-corrected chi connectivity index (χ2v) is 8.76. The molecule has 1 aliphatic rings. The SMILES string of the molecule is COc1ccc(S(=O)(=O)C2CN(C(=O)Cn3cnc(C)c(C)c3=O)C2)cc1. The number of benzene rings is 1. The van der Waals surface area contributed by atoms with Crippen molar-refractivity contribution in [3.63, 3.8) is 0 Å². The van der Waals surface area contributed by atoms with Crippen LogP contribution in [0.5, 0.6) is 5.75 Å². The summed E-state index contributed by atoms with van der Waals surface area (Å²) >= 11 is 0. The minimum Gasteiger partial charge on any atom is -0.497 e. The van der Waals surface area contributed by atoms with E-state index in [1.54, 1.807) is 26.0 Å². The Hall–Kier alpha value is -2.68. The van der Waals surface area contributed by atoms with Crippen LogP contribution in [0.15, 0.2) is 40.3 Å². The predicted octanol–water partition coefficient (Wildman–Crippen LogP) is 0.553. The fourth-order valence-corrected chi connectivity index (χ4v) is 4.48. The Morgan fingerprint density at radius 3 is 2.44 bits per heavy atom. The van der Waals surface area contributed by atoms with Crippen molar-refractivity contribution >= 4 is 15.7 Å². The third kappa shape index (κ3) is 3.59. The topological polar surface area (TPSA) is 98.6 Å². The Morgan fingerprint density at radius 1 is 1.22 bits per heavy atom. The minimum atomic E-state index is -3.52. The molecule has 144 valence electrons. The lowest BCUT2D eigenvalue weighted by Gasteiger charge is -2.38. The Labute approximate surface area is 157 Å². The number of ether oxygens (including phenoxy) is 1. The first-order valence-electron chi connectivity index (χ1n) is 8.42. The molecule has 27 heavy (non-hydrogen) atoms. The number of nitrogens with zero attached hydrogens (tertiary/aromatic N) is 3. The van der Waals surface area contributed by atoms with Crippen LogP contribution in [0.25, 0.3) is 0 Å². The third-order valence-corrected chi connectivity index (χ3v) is 6.95. The number of carbonyl (C=O) groups is 1. The van der Waals surface area contributed by atoms with Crippen LogP contribution < -0.4 is 10.3 Å². The summed E-state index contributed by atoms with van der Waals surface area (Å²) in [5.41, 5.74) is 0.853. The molecule has 0 unspecified atom stereocenters. The molecular weight excluding hydrogens is 370 g/mol. The summed E-state index contributed by atoms with van der Waals surface area (Å²) in [5.74, 6) is 0.273. The van der Waals surface area contributed by atoms with E-state index in [1.807, 2.05) is 0 Å². The molecule has 0 aliphatic carbocycles. The number of likely N-dealkylation sites (tertiary alicyclic amines) is 1. The van der Waals surface area contributed by atoms with Crippen LogP contribution in [0.1, 0.15) is 11.3 Å². The summed E-state index contributed by atoms with van der Waals surface area (Å²) in [6.07, 6.45) is 1.34. The van der Waals surface area contributed by atoms with Gasteiger partial charge in [-0.1, -0.05) is 0 Å². The number of amides is 1. The number of aromatic nitrogens is 2. The zero-order chi connectivity index (χ0) is 19.8. The second-order valence-electron chi connectivity index (χ2n) is 6.53. The van der Waals surface area contributed by atoms with E-state index in [1.165, 1.54) is 35.0 Å². The molecule has 0 spiro atoms. The van der Waals surface area contributed by atoms with Gasteiger partial charge < -0.3 is 9.64 Å². The average Bonchev–Trinajstić information content (AvgIpc) is 2.61. The number of hydrogen-bond acceptors (Lipinski definition) is 6. The molecule has 2 heterocycles. The first-order valence-corrected chi connectivity index (χ1v) is 9.97. The van der Waals surface area contributed by atoms with E-state index in [-0.39, 0.29) is 36.0 Å². The summed E-state index contributed by atoms with van der Waals surface area (Å²) in [6, 6.07) is 6.18. The summed E-state index contributed by atoms with van der Waals surface area (Å²) in [5, 5.41) is -0.649. The van der Waals surface area contributed by atoms with Crippen LogP contribution in [0.2, 0.25) is 0 Å². The van der Waals surface area contributed by atoms with Gasteiger partial charge in [0.25, 0.3) is 5.56 Å². The largest absolute Gasteiger partial charge is 0.497 e. The van der Waals surface area contributed by atoms with Gasteiger partial charge in [0.1, 0.15) is 17.5 Å². The third-order valence-electron chi connectivity index (χ3n) is 4.85. The highest BCUT2D eigenvalue weighted by molar-refractivity contribution is 7.92. The van der Waals surface area contributed by atoms with Crippen molar-refractivity contribution in [3.8, 4) is 5.75 Å². The van der Waals surface area contributed by atoms with Gasteiger partial charge in [-0.05, 0) is 38.1 Å². The Morgan fingerprint density at radius 2 is 1.85 bits per heavy atom. The zero-order valence-electron chi connectivity index (χ0n) is 15.4. The van der Waals surface area contributed by atoms with E-state index in [9.17, 15) is 18.0 Å². The minimum absolute atomic E-state index is 0.111. The first-order chi connectivity index (χ1) is 12.7. The summed E-state index contributed by atoms with van der Waals surface area (Å²) in [6.45, 7) is 3.46. The van der Waals surface area contributed by atoms with Crippen LogP contribution in [-0.2, 0) is 21.2 Å². The monoisotopic (exact) mass is 391 g/mol. The van der Waals surface area contributed by atoms with Crippen molar-refractivity contribution in [1.82, 2.24) is 14.5 Å². The highest BCUT2D eigenvalue weighted by atomic mass is 32.2. The standard InChI is InChI=1S/C18H21N3O5S/c1-12-13(2)19-11-21(18(12)23)10-17(22)20-8-16(9-20)27(24,25)15-6-4-14(26-3)5-7-15/h4-7,11,16H,8-10H2,1-3H3. The fourth-order valence-electron chi connectivity index (χ4n) is 2.83. The highest BCUT2D eigenvalue weighted by Gasteiger charge is 2.40. The molecular formula is C18H21N3O5S. The van der Waals surface area contributed by atoms with E-state index in [4.69, 9.17) is 4.74 Å². The zero-order valence-corrected chi connectivity index (χ0v) is 16.2. The molecule has 2 aromatic rings. The number of methoxy groups -OCH3 is 1. The van der Waals surface area contributed by atoms with Gasteiger partial charge in [-0.25, -0.2) is 13.4 Å². The van der Waals surface area contributed by atoms with E-state index in [0.29, 0.717) is 17.0 Å².